The van der Waals surface area contributed by atoms with Crippen LogP contribution in [0.4, 0.5) is 5.82 Å². The highest BCUT2D eigenvalue weighted by Gasteiger charge is 2.03. The van der Waals surface area contributed by atoms with Crippen molar-refractivity contribution in [3.8, 4) is 11.3 Å². The molecule has 0 aromatic carbocycles. The Bertz CT molecular complexity index is 454. The molecule has 5 nitrogen and oxygen atoms in total. The molecule has 0 aliphatic rings. The number of anilines is 1. The lowest BCUT2D eigenvalue weighted by atomic mass is 10.2. The van der Waals surface area contributed by atoms with E-state index in [0.717, 1.165) is 23.6 Å². The van der Waals surface area contributed by atoms with Crippen LogP contribution in [0.1, 0.15) is 0 Å². The number of pyridine rings is 1. The molecule has 17 heavy (non-hydrogen) atoms. The van der Waals surface area contributed by atoms with E-state index in [2.05, 4.69) is 15.2 Å². The standard InChI is InChI=1S/C12H15N5/c1-17(8-6-13)12-5-4-11(15-16-12)10-3-2-7-14-9-10/h2-5,7,9H,6,8,13H2,1H3. The molecule has 0 amide bonds. The molecule has 0 aliphatic heterocycles. The van der Waals surface area contributed by atoms with Crippen molar-refractivity contribution in [2.75, 3.05) is 25.0 Å². The third-order valence-electron chi connectivity index (χ3n) is 2.46. The summed E-state index contributed by atoms with van der Waals surface area (Å²) in [5.41, 5.74) is 7.28. The van der Waals surface area contributed by atoms with Crippen LogP contribution in [0.3, 0.4) is 0 Å². The van der Waals surface area contributed by atoms with Crippen molar-refractivity contribution in [1.29, 1.82) is 0 Å². The monoisotopic (exact) mass is 229 g/mol. The highest BCUT2D eigenvalue weighted by atomic mass is 15.2. The Balaban J connectivity index is 2.19. The molecule has 0 fully saturated rings. The molecular weight excluding hydrogens is 214 g/mol. The van der Waals surface area contributed by atoms with Gasteiger partial charge >= 0.3 is 0 Å². The molecule has 2 aromatic heterocycles. The molecule has 2 aromatic rings. The van der Waals surface area contributed by atoms with Crippen LogP contribution >= 0.6 is 0 Å². The van der Waals surface area contributed by atoms with Crippen molar-refractivity contribution < 1.29 is 0 Å². The summed E-state index contributed by atoms with van der Waals surface area (Å²) in [6, 6.07) is 7.71. The SMILES string of the molecule is CN(CCN)c1ccc(-c2cccnc2)nn1. The second kappa shape index (κ2) is 5.36. The van der Waals surface area contributed by atoms with Crippen LogP contribution in [-0.4, -0.2) is 35.3 Å². The largest absolute Gasteiger partial charge is 0.357 e. The van der Waals surface area contributed by atoms with Crippen LogP contribution in [0.25, 0.3) is 11.3 Å². The van der Waals surface area contributed by atoms with Crippen molar-refractivity contribution in [2.24, 2.45) is 5.73 Å². The number of likely N-dealkylation sites (N-methyl/N-ethyl adjacent to an activating group) is 1. The van der Waals surface area contributed by atoms with E-state index in [4.69, 9.17) is 5.73 Å². The minimum atomic E-state index is 0.600. The molecule has 5 heteroatoms. The molecule has 2 N–H and O–H groups in total. The fraction of sp³-hybridized carbons (Fsp3) is 0.250. The fourth-order valence-corrected chi connectivity index (χ4v) is 1.51. The van der Waals surface area contributed by atoms with Crippen LogP contribution in [0.2, 0.25) is 0 Å². The Kier molecular flexibility index (Phi) is 3.62. The zero-order chi connectivity index (χ0) is 12.1. The van der Waals surface area contributed by atoms with Gasteiger partial charge in [0.1, 0.15) is 0 Å². The van der Waals surface area contributed by atoms with Gasteiger partial charge in [0.25, 0.3) is 0 Å². The summed E-state index contributed by atoms with van der Waals surface area (Å²) in [5.74, 6) is 0.822. The lowest BCUT2D eigenvalue weighted by Gasteiger charge is -2.15. The first-order valence-electron chi connectivity index (χ1n) is 5.46. The van der Waals surface area contributed by atoms with Gasteiger partial charge in [-0.3, -0.25) is 4.98 Å². The van der Waals surface area contributed by atoms with E-state index in [1.807, 2.05) is 36.2 Å². The smallest absolute Gasteiger partial charge is 0.151 e. The van der Waals surface area contributed by atoms with Crippen LogP contribution in [0, 0.1) is 0 Å². The number of nitrogens with zero attached hydrogens (tertiary/aromatic N) is 4. The maximum atomic E-state index is 5.49. The Morgan fingerprint density at radius 3 is 2.71 bits per heavy atom. The molecule has 88 valence electrons. The van der Waals surface area contributed by atoms with Gasteiger partial charge in [-0.05, 0) is 24.3 Å². The third-order valence-corrected chi connectivity index (χ3v) is 2.46. The minimum absolute atomic E-state index is 0.600. The Morgan fingerprint density at radius 1 is 1.24 bits per heavy atom. The highest BCUT2D eigenvalue weighted by Crippen LogP contribution is 2.16. The van der Waals surface area contributed by atoms with E-state index in [-0.39, 0.29) is 0 Å². The molecule has 0 aliphatic carbocycles. The predicted octanol–water partition coefficient (Wildman–Crippen LogP) is 0.933. The Hall–Kier alpha value is -2.01. The fourth-order valence-electron chi connectivity index (χ4n) is 1.51. The highest BCUT2D eigenvalue weighted by molar-refractivity contribution is 5.58. The van der Waals surface area contributed by atoms with Gasteiger partial charge in [0.05, 0.1) is 5.69 Å². The van der Waals surface area contributed by atoms with Crippen molar-refractivity contribution in [2.45, 2.75) is 0 Å². The van der Waals surface area contributed by atoms with E-state index < -0.39 is 0 Å². The maximum Gasteiger partial charge on any atom is 0.151 e. The van der Waals surface area contributed by atoms with E-state index in [1.54, 1.807) is 12.4 Å². The molecule has 0 spiro atoms. The summed E-state index contributed by atoms with van der Waals surface area (Å²) in [4.78, 5) is 6.03. The minimum Gasteiger partial charge on any atom is -0.357 e. The van der Waals surface area contributed by atoms with Crippen LogP contribution in [-0.2, 0) is 0 Å². The molecule has 0 saturated carbocycles. The molecule has 0 radical (unpaired) electrons. The molecular formula is C12H15N5. The molecule has 2 rings (SSSR count). The van der Waals surface area contributed by atoms with Gasteiger partial charge in [-0.2, -0.15) is 0 Å². The number of aromatic nitrogens is 3. The van der Waals surface area contributed by atoms with Crippen LogP contribution < -0.4 is 10.6 Å². The summed E-state index contributed by atoms with van der Waals surface area (Å²) in [6.07, 6.45) is 3.51. The summed E-state index contributed by atoms with van der Waals surface area (Å²) in [5, 5.41) is 8.35. The first-order chi connectivity index (χ1) is 8.31. The Morgan fingerprint density at radius 2 is 2.12 bits per heavy atom. The summed E-state index contributed by atoms with van der Waals surface area (Å²) < 4.78 is 0. The van der Waals surface area contributed by atoms with Gasteiger partial charge in [0, 0.05) is 38.1 Å². The van der Waals surface area contributed by atoms with Gasteiger partial charge in [-0.1, -0.05) is 0 Å². The summed E-state index contributed by atoms with van der Waals surface area (Å²) in [6.45, 7) is 1.36. The zero-order valence-electron chi connectivity index (χ0n) is 9.74. The number of hydrogen-bond donors (Lipinski definition) is 1. The van der Waals surface area contributed by atoms with Crippen LogP contribution in [0.15, 0.2) is 36.7 Å². The van der Waals surface area contributed by atoms with Crippen LogP contribution in [0.5, 0.6) is 0 Å². The van der Waals surface area contributed by atoms with Gasteiger partial charge in [0.15, 0.2) is 5.82 Å². The first kappa shape index (κ1) is 11.5. The second-order valence-electron chi connectivity index (χ2n) is 3.73. The predicted molar refractivity (Wildman–Crippen MR) is 67.6 cm³/mol. The number of hydrogen-bond acceptors (Lipinski definition) is 5. The van der Waals surface area contributed by atoms with E-state index in [1.165, 1.54) is 0 Å². The normalized spacial score (nSPS) is 10.2. The molecule has 2 heterocycles. The third kappa shape index (κ3) is 2.76. The summed E-state index contributed by atoms with van der Waals surface area (Å²) >= 11 is 0. The van der Waals surface area contributed by atoms with Crippen molar-refractivity contribution in [1.82, 2.24) is 15.2 Å². The van der Waals surface area contributed by atoms with E-state index in [0.29, 0.717) is 6.54 Å². The van der Waals surface area contributed by atoms with Gasteiger partial charge in [-0.15, -0.1) is 10.2 Å². The topological polar surface area (TPSA) is 67.9 Å². The maximum absolute atomic E-state index is 5.49. The lowest BCUT2D eigenvalue weighted by Crippen LogP contribution is -2.25. The van der Waals surface area contributed by atoms with Gasteiger partial charge in [-0.25, -0.2) is 0 Å². The van der Waals surface area contributed by atoms with Gasteiger partial charge in [0.2, 0.25) is 0 Å². The quantitative estimate of drug-likeness (QED) is 0.844. The Labute approximate surface area is 100 Å². The first-order valence-corrected chi connectivity index (χ1v) is 5.46. The van der Waals surface area contributed by atoms with Crippen molar-refractivity contribution in [3.05, 3.63) is 36.7 Å². The summed E-state index contributed by atoms with van der Waals surface area (Å²) in [7, 11) is 1.95. The zero-order valence-corrected chi connectivity index (χ0v) is 9.74. The van der Waals surface area contributed by atoms with E-state index in [9.17, 15) is 0 Å². The molecule has 0 bridgehead atoms. The average molecular weight is 229 g/mol. The van der Waals surface area contributed by atoms with E-state index >= 15 is 0 Å². The molecule has 0 saturated heterocycles. The molecule has 0 atom stereocenters. The molecule has 0 unspecified atom stereocenters. The average Bonchev–Trinajstić information content (AvgIpc) is 2.40. The number of nitrogens with two attached hydrogens (primary N) is 1. The van der Waals surface area contributed by atoms with Crippen molar-refractivity contribution >= 4 is 5.82 Å². The van der Waals surface area contributed by atoms with Gasteiger partial charge < -0.3 is 10.6 Å². The number of rotatable bonds is 4. The lowest BCUT2D eigenvalue weighted by molar-refractivity contribution is 0.848. The van der Waals surface area contributed by atoms with Crippen molar-refractivity contribution in [3.63, 3.8) is 0 Å². The second-order valence-corrected chi connectivity index (χ2v) is 3.73.